The SMILES string of the molecule is O=[N+]([O-])c1cc(Cl)c2nc(C(F)(F)F)sc2c1. The van der Waals surface area contributed by atoms with Crippen LogP contribution in [0.15, 0.2) is 12.1 Å². The van der Waals surface area contributed by atoms with Crippen LogP contribution in [-0.4, -0.2) is 9.91 Å². The summed E-state index contributed by atoms with van der Waals surface area (Å²) in [6, 6.07) is 2.00. The van der Waals surface area contributed by atoms with Gasteiger partial charge in [0.05, 0.1) is 14.6 Å². The maximum absolute atomic E-state index is 12.4. The molecule has 2 aromatic rings. The number of halogens is 4. The van der Waals surface area contributed by atoms with Crippen molar-refractivity contribution in [1.82, 2.24) is 4.98 Å². The average Bonchev–Trinajstić information content (AvgIpc) is 2.60. The lowest BCUT2D eigenvalue weighted by molar-refractivity contribution is -0.384. The van der Waals surface area contributed by atoms with Crippen LogP contribution >= 0.6 is 22.9 Å². The molecule has 0 atom stereocenters. The van der Waals surface area contributed by atoms with Gasteiger partial charge in [-0.15, -0.1) is 11.3 Å². The van der Waals surface area contributed by atoms with Gasteiger partial charge in [-0.2, -0.15) is 13.2 Å². The fourth-order valence-corrected chi connectivity index (χ4v) is 2.41. The molecule has 0 bridgehead atoms. The monoisotopic (exact) mass is 282 g/mol. The Morgan fingerprint density at radius 1 is 1.41 bits per heavy atom. The molecular weight excluding hydrogens is 281 g/mol. The van der Waals surface area contributed by atoms with E-state index in [9.17, 15) is 23.3 Å². The van der Waals surface area contributed by atoms with E-state index in [2.05, 4.69) is 4.98 Å². The number of hydrogen-bond acceptors (Lipinski definition) is 4. The first kappa shape index (κ1) is 12.1. The van der Waals surface area contributed by atoms with Gasteiger partial charge in [0.1, 0.15) is 5.52 Å². The first-order valence-corrected chi connectivity index (χ1v) is 5.30. The zero-order valence-electron chi connectivity index (χ0n) is 7.79. The zero-order chi connectivity index (χ0) is 12.8. The van der Waals surface area contributed by atoms with Gasteiger partial charge in [0.25, 0.3) is 5.69 Å². The molecule has 0 saturated heterocycles. The fraction of sp³-hybridized carbons (Fsp3) is 0.125. The number of benzene rings is 1. The Morgan fingerprint density at radius 3 is 2.59 bits per heavy atom. The van der Waals surface area contributed by atoms with E-state index in [4.69, 9.17) is 11.6 Å². The maximum atomic E-state index is 12.4. The third-order valence-corrected chi connectivity index (χ3v) is 3.22. The molecule has 1 aromatic heterocycles. The smallest absolute Gasteiger partial charge is 0.258 e. The van der Waals surface area contributed by atoms with Crippen LogP contribution in [0.5, 0.6) is 0 Å². The molecule has 0 saturated carbocycles. The van der Waals surface area contributed by atoms with Crippen LogP contribution in [0.25, 0.3) is 10.2 Å². The average molecular weight is 283 g/mol. The Hall–Kier alpha value is -1.41. The summed E-state index contributed by atoms with van der Waals surface area (Å²) in [5.41, 5.74) is -0.436. The van der Waals surface area contributed by atoms with Gasteiger partial charge in [0.2, 0.25) is 0 Å². The van der Waals surface area contributed by atoms with E-state index < -0.39 is 16.1 Å². The van der Waals surface area contributed by atoms with Crippen molar-refractivity contribution in [1.29, 1.82) is 0 Å². The van der Waals surface area contributed by atoms with Crippen molar-refractivity contribution in [3.8, 4) is 0 Å². The summed E-state index contributed by atoms with van der Waals surface area (Å²) in [5, 5.41) is 9.27. The lowest BCUT2D eigenvalue weighted by atomic mass is 10.3. The first-order chi connectivity index (χ1) is 7.79. The maximum Gasteiger partial charge on any atom is 0.443 e. The molecule has 1 aromatic carbocycles. The number of nitro groups is 1. The Balaban J connectivity index is 2.69. The van der Waals surface area contributed by atoms with Crippen LogP contribution < -0.4 is 0 Å². The molecule has 0 N–H and O–H groups in total. The minimum Gasteiger partial charge on any atom is -0.258 e. The van der Waals surface area contributed by atoms with Crippen LogP contribution in [0.2, 0.25) is 5.02 Å². The Morgan fingerprint density at radius 2 is 2.06 bits per heavy atom. The third-order valence-electron chi connectivity index (χ3n) is 1.89. The first-order valence-electron chi connectivity index (χ1n) is 4.10. The molecule has 9 heteroatoms. The molecule has 17 heavy (non-hydrogen) atoms. The molecule has 0 aliphatic heterocycles. The van der Waals surface area contributed by atoms with Gasteiger partial charge < -0.3 is 0 Å². The van der Waals surface area contributed by atoms with E-state index in [0.717, 1.165) is 12.1 Å². The van der Waals surface area contributed by atoms with Crippen LogP contribution in [0.4, 0.5) is 18.9 Å². The topological polar surface area (TPSA) is 56.0 Å². The van der Waals surface area contributed by atoms with Gasteiger partial charge in [-0.3, -0.25) is 10.1 Å². The summed E-state index contributed by atoms with van der Waals surface area (Å²) in [4.78, 5) is 13.1. The zero-order valence-corrected chi connectivity index (χ0v) is 9.36. The van der Waals surface area contributed by atoms with Gasteiger partial charge in [-0.1, -0.05) is 11.6 Å². The van der Waals surface area contributed by atoms with Gasteiger partial charge in [0.15, 0.2) is 5.01 Å². The summed E-state index contributed by atoms with van der Waals surface area (Å²) in [6.45, 7) is 0. The van der Waals surface area contributed by atoms with E-state index in [1.54, 1.807) is 0 Å². The molecule has 0 radical (unpaired) electrons. The second-order valence-electron chi connectivity index (χ2n) is 3.05. The summed E-state index contributed by atoms with van der Waals surface area (Å²) < 4.78 is 37.2. The lowest BCUT2D eigenvalue weighted by Crippen LogP contribution is -2.03. The molecule has 0 spiro atoms. The van der Waals surface area contributed by atoms with E-state index in [-0.39, 0.29) is 20.9 Å². The molecule has 1 heterocycles. The number of nitrogens with zero attached hydrogens (tertiary/aromatic N) is 2. The third kappa shape index (κ3) is 2.18. The van der Waals surface area contributed by atoms with Crippen molar-refractivity contribution in [3.63, 3.8) is 0 Å². The number of fused-ring (bicyclic) bond motifs is 1. The Kier molecular flexibility index (Phi) is 2.70. The highest BCUT2D eigenvalue weighted by Crippen LogP contribution is 2.39. The number of hydrogen-bond donors (Lipinski definition) is 0. The van der Waals surface area contributed by atoms with Crippen LogP contribution in [-0.2, 0) is 6.18 Å². The van der Waals surface area contributed by atoms with E-state index in [1.165, 1.54) is 0 Å². The molecule has 2 rings (SSSR count). The van der Waals surface area contributed by atoms with Crippen LogP contribution in [0, 0.1) is 10.1 Å². The van der Waals surface area contributed by atoms with E-state index >= 15 is 0 Å². The number of aromatic nitrogens is 1. The molecule has 0 amide bonds. The number of rotatable bonds is 1. The summed E-state index contributed by atoms with van der Waals surface area (Å²) in [6.07, 6.45) is -4.58. The molecule has 0 fully saturated rings. The normalized spacial score (nSPS) is 12.0. The van der Waals surface area contributed by atoms with Crippen LogP contribution in [0.1, 0.15) is 5.01 Å². The second kappa shape index (κ2) is 3.81. The lowest BCUT2D eigenvalue weighted by Gasteiger charge is -1.98. The highest BCUT2D eigenvalue weighted by atomic mass is 35.5. The number of alkyl halides is 3. The predicted molar refractivity (Wildman–Crippen MR) is 56.3 cm³/mol. The van der Waals surface area contributed by atoms with E-state index in [1.807, 2.05) is 0 Å². The highest BCUT2D eigenvalue weighted by Gasteiger charge is 2.35. The highest BCUT2D eigenvalue weighted by molar-refractivity contribution is 7.18. The quantitative estimate of drug-likeness (QED) is 0.589. The summed E-state index contributed by atoms with van der Waals surface area (Å²) in [5.74, 6) is 0. The van der Waals surface area contributed by atoms with Crippen molar-refractivity contribution < 1.29 is 18.1 Å². The van der Waals surface area contributed by atoms with Gasteiger partial charge in [0, 0.05) is 12.1 Å². The molecule has 4 nitrogen and oxygen atoms in total. The Bertz CT molecular complexity index is 611. The second-order valence-corrected chi connectivity index (χ2v) is 4.49. The van der Waals surface area contributed by atoms with Crippen molar-refractivity contribution in [2.75, 3.05) is 0 Å². The Labute approximate surface area is 101 Å². The number of non-ortho nitro benzene ring substituents is 1. The minimum atomic E-state index is -4.58. The molecule has 90 valence electrons. The minimum absolute atomic E-state index is 0.0384. The van der Waals surface area contributed by atoms with Gasteiger partial charge in [-0.25, -0.2) is 4.98 Å². The standard InChI is InChI=1S/C8H2ClF3N2O2S/c9-4-1-3(14(15)16)2-5-6(4)13-7(17-5)8(10,11)12/h1-2H. The molecule has 0 aliphatic rings. The predicted octanol–water partition coefficient (Wildman–Crippen LogP) is 3.88. The van der Waals surface area contributed by atoms with Crippen molar-refractivity contribution in [3.05, 3.63) is 32.3 Å². The molecule has 0 unspecified atom stereocenters. The van der Waals surface area contributed by atoms with Crippen molar-refractivity contribution in [2.24, 2.45) is 0 Å². The fourth-order valence-electron chi connectivity index (χ4n) is 1.20. The van der Waals surface area contributed by atoms with Crippen LogP contribution in [0.3, 0.4) is 0 Å². The largest absolute Gasteiger partial charge is 0.443 e. The van der Waals surface area contributed by atoms with Crippen molar-refractivity contribution in [2.45, 2.75) is 6.18 Å². The van der Waals surface area contributed by atoms with Crippen molar-refractivity contribution >= 4 is 38.8 Å². The van der Waals surface area contributed by atoms with Gasteiger partial charge >= 0.3 is 6.18 Å². The number of thiazole rings is 1. The van der Waals surface area contributed by atoms with E-state index in [0.29, 0.717) is 11.3 Å². The number of nitro benzene ring substituents is 1. The molecule has 0 aliphatic carbocycles. The van der Waals surface area contributed by atoms with Gasteiger partial charge in [-0.05, 0) is 0 Å². The summed E-state index contributed by atoms with van der Waals surface area (Å²) in [7, 11) is 0. The molecular formula is C8H2ClF3N2O2S. The summed E-state index contributed by atoms with van der Waals surface area (Å²) >= 11 is 5.97.